The number of halogens is 4. The van der Waals surface area contributed by atoms with E-state index in [1.165, 1.54) is 41.5 Å². The maximum atomic E-state index is 13.9. The van der Waals surface area contributed by atoms with Crippen LogP contribution in [-0.4, -0.2) is 25.7 Å². The minimum atomic E-state index is -4.60. The van der Waals surface area contributed by atoms with E-state index in [1.54, 1.807) is 0 Å². The van der Waals surface area contributed by atoms with Gasteiger partial charge in [0, 0.05) is 17.8 Å². The van der Waals surface area contributed by atoms with E-state index in [1.807, 2.05) is 0 Å². The lowest BCUT2D eigenvalue weighted by Gasteiger charge is -2.37. The number of aryl methyl sites for hydroxylation is 2. The number of hydrogen-bond donors (Lipinski definition) is 0. The van der Waals surface area contributed by atoms with Crippen LogP contribution in [0.5, 0.6) is 0 Å². The Balaban J connectivity index is 1.17. The van der Waals surface area contributed by atoms with Gasteiger partial charge in [0.2, 0.25) is 0 Å². The Morgan fingerprint density at radius 2 is 1.37 bits per heavy atom. The lowest BCUT2D eigenvalue weighted by Crippen LogP contribution is -2.38. The van der Waals surface area contributed by atoms with Crippen LogP contribution in [-0.2, 0) is 22.3 Å². The summed E-state index contributed by atoms with van der Waals surface area (Å²) in [5.74, 6) is -1.27. The highest BCUT2D eigenvalue weighted by Crippen LogP contribution is 2.38. The minimum Gasteiger partial charge on any atom is -0.352 e. The molecule has 1 heterocycles. The molecule has 0 radical (unpaired) electrons. The van der Waals surface area contributed by atoms with E-state index in [2.05, 4.69) is 55.5 Å². The Morgan fingerprint density at radius 1 is 0.816 bits per heavy atom. The van der Waals surface area contributed by atoms with Gasteiger partial charge in [0.1, 0.15) is 5.83 Å². The second kappa shape index (κ2) is 13.7. The fourth-order valence-electron chi connectivity index (χ4n) is 5.62. The SMILES string of the molecule is CCCCCc1ccc(-c2ccc(CCC3COC(C4CCC(/C(F)=C/C(F)(F)F)CC4)OC3)cc2)cc1. The van der Waals surface area contributed by atoms with Gasteiger partial charge in [-0.2, -0.15) is 13.2 Å². The van der Waals surface area contributed by atoms with Gasteiger partial charge in [-0.15, -0.1) is 0 Å². The molecule has 1 aliphatic heterocycles. The van der Waals surface area contributed by atoms with Crippen LogP contribution in [0.4, 0.5) is 17.6 Å². The molecule has 2 aromatic rings. The van der Waals surface area contributed by atoms with Crippen molar-refractivity contribution in [2.45, 2.75) is 83.6 Å². The molecule has 1 saturated heterocycles. The first kappa shape index (κ1) is 28.8. The third-order valence-electron chi connectivity index (χ3n) is 7.99. The lowest BCUT2D eigenvalue weighted by molar-refractivity contribution is -0.229. The highest BCUT2D eigenvalue weighted by Gasteiger charge is 2.35. The standard InChI is InChI=1S/C32H40F4O2/c1-2-3-4-5-23-8-12-26(13-9-23)27-14-10-24(11-15-27)6-7-25-21-37-31(38-22-25)29-18-16-28(17-19-29)30(33)20-32(34,35)36/h8-15,20,25,28-29,31H,2-7,16-19,21-22H2,1H3/b30-20-. The van der Waals surface area contributed by atoms with Crippen LogP contribution in [0, 0.1) is 17.8 Å². The van der Waals surface area contributed by atoms with Crippen molar-refractivity contribution in [3.05, 3.63) is 71.6 Å². The van der Waals surface area contributed by atoms with Crippen LogP contribution in [0.1, 0.15) is 69.4 Å². The van der Waals surface area contributed by atoms with E-state index < -0.39 is 17.9 Å². The zero-order valence-corrected chi connectivity index (χ0v) is 22.3. The normalized spacial score (nSPS) is 24.9. The van der Waals surface area contributed by atoms with Gasteiger partial charge in [-0.1, -0.05) is 68.3 Å². The molecule has 1 saturated carbocycles. The van der Waals surface area contributed by atoms with Gasteiger partial charge in [-0.25, -0.2) is 4.39 Å². The Morgan fingerprint density at radius 3 is 1.89 bits per heavy atom. The van der Waals surface area contributed by atoms with E-state index in [0.717, 1.165) is 19.3 Å². The smallest absolute Gasteiger partial charge is 0.352 e. The fourth-order valence-corrected chi connectivity index (χ4v) is 5.62. The van der Waals surface area contributed by atoms with Gasteiger partial charge < -0.3 is 9.47 Å². The van der Waals surface area contributed by atoms with Crippen LogP contribution in [0.2, 0.25) is 0 Å². The first-order valence-electron chi connectivity index (χ1n) is 14.2. The number of ether oxygens (including phenoxy) is 2. The maximum absolute atomic E-state index is 13.9. The molecule has 6 heteroatoms. The predicted molar refractivity (Wildman–Crippen MR) is 143 cm³/mol. The van der Waals surface area contributed by atoms with Crippen LogP contribution in [0.15, 0.2) is 60.4 Å². The second-order valence-corrected chi connectivity index (χ2v) is 11.0. The van der Waals surface area contributed by atoms with Crippen molar-refractivity contribution in [1.82, 2.24) is 0 Å². The zero-order valence-electron chi connectivity index (χ0n) is 22.3. The summed E-state index contributed by atoms with van der Waals surface area (Å²) in [7, 11) is 0. The summed E-state index contributed by atoms with van der Waals surface area (Å²) in [6.45, 7) is 3.47. The molecule has 0 aromatic heterocycles. The van der Waals surface area contributed by atoms with Gasteiger partial charge in [-0.3, -0.25) is 0 Å². The van der Waals surface area contributed by atoms with Crippen molar-refractivity contribution in [1.29, 1.82) is 0 Å². The number of benzene rings is 2. The molecule has 0 bridgehead atoms. The average Bonchev–Trinajstić information content (AvgIpc) is 2.92. The van der Waals surface area contributed by atoms with Crippen LogP contribution < -0.4 is 0 Å². The quantitative estimate of drug-likeness (QED) is 0.224. The molecule has 2 aromatic carbocycles. The van der Waals surface area contributed by atoms with E-state index in [9.17, 15) is 17.6 Å². The fraction of sp³-hybridized carbons (Fsp3) is 0.562. The Bertz CT molecular complexity index is 997. The van der Waals surface area contributed by atoms with Gasteiger partial charge in [0.25, 0.3) is 0 Å². The zero-order chi connectivity index (χ0) is 27.0. The lowest BCUT2D eigenvalue weighted by atomic mass is 9.80. The number of unbranched alkanes of at least 4 members (excludes halogenated alkanes) is 2. The molecular weight excluding hydrogens is 492 g/mol. The monoisotopic (exact) mass is 532 g/mol. The summed E-state index contributed by atoms with van der Waals surface area (Å²) in [6, 6.07) is 17.7. The molecule has 1 aliphatic carbocycles. The molecule has 2 nitrogen and oxygen atoms in total. The largest absolute Gasteiger partial charge is 0.412 e. The second-order valence-electron chi connectivity index (χ2n) is 11.0. The number of alkyl halides is 3. The van der Waals surface area contributed by atoms with E-state index >= 15 is 0 Å². The van der Waals surface area contributed by atoms with E-state index in [0.29, 0.717) is 44.8 Å². The molecule has 208 valence electrons. The van der Waals surface area contributed by atoms with Crippen LogP contribution in [0.25, 0.3) is 11.1 Å². The molecule has 0 spiro atoms. The topological polar surface area (TPSA) is 18.5 Å². The van der Waals surface area contributed by atoms with Crippen molar-refractivity contribution >= 4 is 0 Å². The number of hydrogen-bond acceptors (Lipinski definition) is 2. The third-order valence-corrected chi connectivity index (χ3v) is 7.99. The summed E-state index contributed by atoms with van der Waals surface area (Å²) in [5.41, 5.74) is 5.16. The molecule has 2 fully saturated rings. The summed E-state index contributed by atoms with van der Waals surface area (Å²) in [4.78, 5) is 0. The molecule has 0 atom stereocenters. The van der Waals surface area contributed by atoms with Gasteiger partial charge >= 0.3 is 6.18 Å². The molecule has 0 N–H and O–H groups in total. The van der Waals surface area contributed by atoms with Gasteiger partial charge in [0.15, 0.2) is 6.29 Å². The summed E-state index contributed by atoms with van der Waals surface area (Å²) < 4.78 is 63.1. The molecule has 0 unspecified atom stereocenters. The van der Waals surface area contributed by atoms with Crippen molar-refractivity contribution in [3.8, 4) is 11.1 Å². The highest BCUT2D eigenvalue weighted by atomic mass is 19.4. The molecule has 38 heavy (non-hydrogen) atoms. The van der Waals surface area contributed by atoms with Gasteiger partial charge in [-0.05, 0) is 73.6 Å². The third kappa shape index (κ3) is 8.67. The summed E-state index contributed by atoms with van der Waals surface area (Å²) in [6.07, 6.45) is 3.73. The maximum Gasteiger partial charge on any atom is 0.412 e. The predicted octanol–water partition coefficient (Wildman–Crippen LogP) is 9.23. The minimum absolute atomic E-state index is 0.115. The number of rotatable bonds is 10. The molecular formula is C32H40F4O2. The highest BCUT2D eigenvalue weighted by molar-refractivity contribution is 5.64. The van der Waals surface area contributed by atoms with E-state index in [4.69, 9.17) is 9.47 Å². The molecule has 0 amide bonds. The summed E-state index contributed by atoms with van der Waals surface area (Å²) >= 11 is 0. The van der Waals surface area contributed by atoms with Crippen molar-refractivity contribution in [2.24, 2.45) is 17.8 Å². The van der Waals surface area contributed by atoms with E-state index in [-0.39, 0.29) is 18.3 Å². The van der Waals surface area contributed by atoms with Crippen LogP contribution >= 0.6 is 0 Å². The van der Waals surface area contributed by atoms with Gasteiger partial charge in [0.05, 0.1) is 19.3 Å². The first-order valence-corrected chi connectivity index (χ1v) is 14.2. The first-order chi connectivity index (χ1) is 18.3. The van der Waals surface area contributed by atoms with Crippen LogP contribution in [0.3, 0.4) is 0 Å². The Kier molecular flexibility index (Phi) is 10.4. The van der Waals surface area contributed by atoms with Crippen molar-refractivity contribution in [2.75, 3.05) is 13.2 Å². The number of allylic oxidation sites excluding steroid dienone is 2. The van der Waals surface area contributed by atoms with Crippen molar-refractivity contribution < 1.29 is 27.0 Å². The molecule has 4 rings (SSSR count). The van der Waals surface area contributed by atoms with Crippen molar-refractivity contribution in [3.63, 3.8) is 0 Å². The Hall–Kier alpha value is -2.18. The summed E-state index contributed by atoms with van der Waals surface area (Å²) in [5, 5.41) is 0. The molecule has 2 aliphatic rings. The Labute approximate surface area is 224 Å². The average molecular weight is 533 g/mol.